The van der Waals surface area contributed by atoms with Gasteiger partial charge in [0.05, 0.1) is 5.69 Å². The van der Waals surface area contributed by atoms with Gasteiger partial charge in [0.25, 0.3) is 0 Å². The number of benzene rings is 1. The monoisotopic (exact) mass is 346 g/mol. The van der Waals surface area contributed by atoms with Crippen LogP contribution < -0.4 is 4.90 Å². The molecular weight excluding hydrogens is 311 g/mol. The van der Waals surface area contributed by atoms with Gasteiger partial charge in [-0.25, -0.2) is 4.39 Å². The molecule has 0 radical (unpaired) electrons. The summed E-state index contributed by atoms with van der Waals surface area (Å²) in [6, 6.07) is 6.36. The highest BCUT2D eigenvalue weighted by molar-refractivity contribution is 5.49. The Morgan fingerprint density at radius 3 is 2.36 bits per heavy atom. The summed E-state index contributed by atoms with van der Waals surface area (Å²) < 4.78 is 14.2. The van der Waals surface area contributed by atoms with Crippen LogP contribution in [0.5, 0.6) is 0 Å². The molecule has 0 N–H and O–H groups in total. The van der Waals surface area contributed by atoms with Crippen molar-refractivity contribution in [2.45, 2.75) is 65.8 Å². The summed E-state index contributed by atoms with van der Waals surface area (Å²) in [5.74, 6) is 0.802. The number of hydrogen-bond donors (Lipinski definition) is 0. The van der Waals surface area contributed by atoms with Gasteiger partial charge in [-0.15, -0.1) is 0 Å². The minimum atomic E-state index is -0.0731. The molecule has 1 heterocycles. The molecule has 1 saturated heterocycles. The second-order valence-corrected chi connectivity index (χ2v) is 8.50. The molecule has 1 aliphatic carbocycles. The van der Waals surface area contributed by atoms with Gasteiger partial charge in [0.1, 0.15) is 5.82 Å². The Morgan fingerprint density at radius 2 is 1.76 bits per heavy atom. The van der Waals surface area contributed by atoms with Gasteiger partial charge in [-0.1, -0.05) is 39.7 Å². The third-order valence-corrected chi connectivity index (χ3v) is 7.28. The zero-order chi connectivity index (χ0) is 18.0. The average molecular weight is 347 g/mol. The lowest BCUT2D eigenvalue weighted by Crippen LogP contribution is -2.50. The summed E-state index contributed by atoms with van der Waals surface area (Å²) in [5, 5.41) is 0. The lowest BCUT2D eigenvalue weighted by atomic mass is 9.72. The van der Waals surface area contributed by atoms with Crippen LogP contribution in [0, 0.1) is 24.1 Å². The van der Waals surface area contributed by atoms with E-state index in [1.807, 2.05) is 19.1 Å². The predicted octanol–water partition coefficient (Wildman–Crippen LogP) is 5.25. The van der Waals surface area contributed by atoms with Crippen molar-refractivity contribution in [3.63, 3.8) is 0 Å². The van der Waals surface area contributed by atoms with E-state index in [2.05, 4.69) is 30.6 Å². The van der Waals surface area contributed by atoms with Gasteiger partial charge in [0, 0.05) is 32.2 Å². The second kappa shape index (κ2) is 7.65. The molecule has 0 amide bonds. The Morgan fingerprint density at radius 1 is 1.08 bits per heavy atom. The minimum absolute atomic E-state index is 0.0731. The summed E-state index contributed by atoms with van der Waals surface area (Å²) in [6.07, 6.45) is 6.68. The first-order valence-corrected chi connectivity index (χ1v) is 10.2. The topological polar surface area (TPSA) is 6.48 Å². The zero-order valence-corrected chi connectivity index (χ0v) is 16.5. The first kappa shape index (κ1) is 18.7. The summed E-state index contributed by atoms with van der Waals surface area (Å²) >= 11 is 0. The molecule has 2 nitrogen and oxygen atoms in total. The zero-order valence-electron chi connectivity index (χ0n) is 16.5. The number of nitrogens with zero attached hydrogens (tertiary/aromatic N) is 2. The maximum absolute atomic E-state index is 14.2. The number of anilines is 1. The Bertz CT molecular complexity index is 573. The molecule has 25 heavy (non-hydrogen) atoms. The van der Waals surface area contributed by atoms with Gasteiger partial charge in [0.15, 0.2) is 0 Å². The fourth-order valence-electron chi connectivity index (χ4n) is 4.95. The fraction of sp³-hybridized carbons (Fsp3) is 0.727. The molecule has 2 aliphatic rings. The standard InChI is InChI=1S/C22H35FN2/c1-5-22(4,6-2)18-8-9-19(16-18)24-11-13-25(14-12-24)21-10-7-17(3)15-20(21)23/h7,10,15,18-19H,5-6,8-9,11-14,16H2,1-4H3. The van der Waals surface area contributed by atoms with Crippen LogP contribution >= 0.6 is 0 Å². The predicted molar refractivity (Wildman–Crippen MR) is 105 cm³/mol. The van der Waals surface area contributed by atoms with E-state index in [4.69, 9.17) is 0 Å². The minimum Gasteiger partial charge on any atom is -0.367 e. The maximum Gasteiger partial charge on any atom is 0.146 e. The fourth-order valence-corrected chi connectivity index (χ4v) is 4.95. The van der Waals surface area contributed by atoms with Crippen LogP contribution in [0.15, 0.2) is 18.2 Å². The van der Waals surface area contributed by atoms with E-state index in [0.29, 0.717) is 5.41 Å². The molecule has 2 unspecified atom stereocenters. The molecule has 1 aliphatic heterocycles. The van der Waals surface area contributed by atoms with Crippen molar-refractivity contribution < 1.29 is 4.39 Å². The largest absolute Gasteiger partial charge is 0.367 e. The van der Waals surface area contributed by atoms with E-state index in [9.17, 15) is 4.39 Å². The van der Waals surface area contributed by atoms with Crippen molar-refractivity contribution in [2.75, 3.05) is 31.1 Å². The van der Waals surface area contributed by atoms with Gasteiger partial charge >= 0.3 is 0 Å². The molecule has 2 atom stereocenters. The lowest BCUT2D eigenvalue weighted by molar-refractivity contribution is 0.142. The first-order chi connectivity index (χ1) is 12.0. The third kappa shape index (κ3) is 3.86. The van der Waals surface area contributed by atoms with Gasteiger partial charge in [-0.3, -0.25) is 4.90 Å². The van der Waals surface area contributed by atoms with Crippen LogP contribution in [0.25, 0.3) is 0 Å². The van der Waals surface area contributed by atoms with E-state index in [1.165, 1.54) is 32.1 Å². The van der Waals surface area contributed by atoms with Crippen LogP contribution in [0.4, 0.5) is 10.1 Å². The second-order valence-electron chi connectivity index (χ2n) is 8.50. The van der Waals surface area contributed by atoms with Crippen molar-refractivity contribution in [3.8, 4) is 0 Å². The quantitative estimate of drug-likeness (QED) is 0.718. The molecule has 0 aromatic heterocycles. The Balaban J connectivity index is 1.56. The highest BCUT2D eigenvalue weighted by Crippen LogP contribution is 2.45. The smallest absolute Gasteiger partial charge is 0.146 e. The summed E-state index contributed by atoms with van der Waals surface area (Å²) in [6.45, 7) is 13.2. The van der Waals surface area contributed by atoms with Gasteiger partial charge in [0.2, 0.25) is 0 Å². The van der Waals surface area contributed by atoms with Crippen molar-refractivity contribution >= 4 is 5.69 Å². The van der Waals surface area contributed by atoms with Gasteiger partial charge in [-0.2, -0.15) is 0 Å². The van der Waals surface area contributed by atoms with Crippen molar-refractivity contribution in [2.24, 2.45) is 11.3 Å². The number of hydrogen-bond acceptors (Lipinski definition) is 2. The number of rotatable bonds is 5. The Labute approximate surface area is 153 Å². The lowest BCUT2D eigenvalue weighted by Gasteiger charge is -2.40. The average Bonchev–Trinajstić information content (AvgIpc) is 3.12. The molecule has 1 saturated carbocycles. The molecule has 0 spiro atoms. The Kier molecular flexibility index (Phi) is 5.72. The van der Waals surface area contributed by atoms with E-state index in [-0.39, 0.29) is 5.82 Å². The molecule has 140 valence electrons. The first-order valence-electron chi connectivity index (χ1n) is 10.2. The highest BCUT2D eigenvalue weighted by atomic mass is 19.1. The normalized spacial score (nSPS) is 25.6. The molecular formula is C22H35FN2. The maximum atomic E-state index is 14.2. The van der Waals surface area contributed by atoms with E-state index in [0.717, 1.165) is 49.4 Å². The summed E-state index contributed by atoms with van der Waals surface area (Å²) in [7, 11) is 0. The van der Waals surface area contributed by atoms with E-state index >= 15 is 0 Å². The van der Waals surface area contributed by atoms with Crippen LogP contribution in [0.2, 0.25) is 0 Å². The van der Waals surface area contributed by atoms with E-state index in [1.54, 1.807) is 6.07 Å². The van der Waals surface area contributed by atoms with Gasteiger partial charge in [-0.05, 0) is 55.2 Å². The summed E-state index contributed by atoms with van der Waals surface area (Å²) in [4.78, 5) is 4.90. The number of piperazine rings is 1. The molecule has 3 rings (SSSR count). The van der Waals surface area contributed by atoms with Crippen LogP contribution in [0.3, 0.4) is 0 Å². The van der Waals surface area contributed by atoms with Crippen molar-refractivity contribution in [3.05, 3.63) is 29.6 Å². The SMILES string of the molecule is CCC(C)(CC)C1CCC(N2CCN(c3ccc(C)cc3F)CC2)C1. The molecule has 1 aromatic carbocycles. The van der Waals surface area contributed by atoms with Crippen molar-refractivity contribution in [1.29, 1.82) is 0 Å². The number of halogens is 1. The Hall–Kier alpha value is -1.09. The molecule has 1 aromatic rings. The van der Waals surface area contributed by atoms with Gasteiger partial charge < -0.3 is 4.90 Å². The van der Waals surface area contributed by atoms with Crippen LogP contribution in [0.1, 0.15) is 58.4 Å². The molecule has 0 bridgehead atoms. The van der Waals surface area contributed by atoms with Crippen molar-refractivity contribution in [1.82, 2.24) is 4.90 Å². The van der Waals surface area contributed by atoms with E-state index < -0.39 is 0 Å². The highest BCUT2D eigenvalue weighted by Gasteiger charge is 2.39. The molecule has 3 heteroatoms. The number of aryl methyl sites for hydroxylation is 1. The van der Waals surface area contributed by atoms with Crippen LogP contribution in [-0.2, 0) is 0 Å². The molecule has 2 fully saturated rings. The summed E-state index contributed by atoms with van der Waals surface area (Å²) in [5.41, 5.74) is 2.28. The third-order valence-electron chi connectivity index (χ3n) is 7.28. The van der Waals surface area contributed by atoms with Crippen LogP contribution in [-0.4, -0.2) is 37.1 Å².